The average molecular weight is 333 g/mol. The highest BCUT2D eigenvalue weighted by Crippen LogP contribution is 2.38. The molecule has 1 saturated carbocycles. The first kappa shape index (κ1) is 16.9. The fraction of sp³-hybridized carbons (Fsp3) is 0.556. The van der Waals surface area contributed by atoms with Crippen molar-refractivity contribution >= 4 is 11.9 Å². The second kappa shape index (κ2) is 6.51. The van der Waals surface area contributed by atoms with Crippen molar-refractivity contribution in [1.29, 1.82) is 0 Å². The van der Waals surface area contributed by atoms with Gasteiger partial charge in [-0.15, -0.1) is 0 Å². The second-order valence-corrected chi connectivity index (χ2v) is 7.07. The van der Waals surface area contributed by atoms with E-state index in [0.717, 1.165) is 24.8 Å². The smallest absolute Gasteiger partial charge is 0.323 e. The van der Waals surface area contributed by atoms with Crippen LogP contribution in [0.4, 0.5) is 9.18 Å². The number of amides is 3. The Balaban J connectivity index is 1.68. The molecule has 2 atom stereocenters. The van der Waals surface area contributed by atoms with Gasteiger partial charge in [-0.25, -0.2) is 14.1 Å². The number of nitrogens with zero attached hydrogens (tertiary/aromatic N) is 2. The predicted octanol–water partition coefficient (Wildman–Crippen LogP) is 2.72. The summed E-state index contributed by atoms with van der Waals surface area (Å²) in [5.74, 6) is -0.252. The van der Waals surface area contributed by atoms with Crippen molar-refractivity contribution in [2.45, 2.75) is 44.7 Å². The van der Waals surface area contributed by atoms with Gasteiger partial charge in [0.2, 0.25) is 0 Å². The van der Waals surface area contributed by atoms with E-state index >= 15 is 0 Å². The summed E-state index contributed by atoms with van der Waals surface area (Å²) in [6, 6.07) is 6.03. The van der Waals surface area contributed by atoms with E-state index in [1.165, 1.54) is 17.0 Å². The molecule has 24 heavy (non-hydrogen) atoms. The number of rotatable bonds is 4. The largest absolute Gasteiger partial charge is 0.326 e. The van der Waals surface area contributed by atoms with Gasteiger partial charge in [0.15, 0.2) is 0 Å². The molecule has 0 radical (unpaired) electrons. The van der Waals surface area contributed by atoms with Crippen LogP contribution >= 0.6 is 0 Å². The van der Waals surface area contributed by atoms with Gasteiger partial charge in [0.05, 0.1) is 6.67 Å². The minimum Gasteiger partial charge on any atom is -0.323 e. The molecule has 1 aromatic carbocycles. The van der Waals surface area contributed by atoms with Crippen molar-refractivity contribution in [2.75, 3.05) is 13.7 Å². The zero-order chi connectivity index (χ0) is 17.3. The van der Waals surface area contributed by atoms with Crippen molar-refractivity contribution < 1.29 is 14.0 Å². The lowest BCUT2D eigenvalue weighted by molar-refractivity contribution is -0.135. The van der Waals surface area contributed by atoms with Crippen molar-refractivity contribution in [1.82, 2.24) is 15.1 Å². The standard InChI is InChI=1S/C18H24FN3O2/c1-13-6-3-4-9-18(13)16(23)22(17(24)20-18)12-21(2)11-14-7-5-8-15(19)10-14/h5,7-8,10,13H,3-4,6,9,11-12H2,1-2H3,(H,20,24)/t13-,18-/m0/s1. The summed E-state index contributed by atoms with van der Waals surface area (Å²) in [5, 5.41) is 2.95. The number of imide groups is 1. The van der Waals surface area contributed by atoms with Gasteiger partial charge in [-0.2, -0.15) is 0 Å². The number of hydrogen-bond acceptors (Lipinski definition) is 3. The Bertz CT molecular complexity index is 651. The molecule has 3 amide bonds. The monoisotopic (exact) mass is 333 g/mol. The van der Waals surface area contributed by atoms with Gasteiger partial charge in [-0.05, 0) is 43.5 Å². The molecule has 3 rings (SSSR count). The SMILES string of the molecule is C[C@H]1CCCC[C@]12NC(=O)N(CN(C)Cc1cccc(F)c1)C2=O. The van der Waals surface area contributed by atoms with Crippen LogP contribution in [0.15, 0.2) is 24.3 Å². The molecule has 1 aliphatic carbocycles. The third kappa shape index (κ3) is 3.02. The van der Waals surface area contributed by atoms with Crippen LogP contribution < -0.4 is 5.32 Å². The normalized spacial score (nSPS) is 27.2. The van der Waals surface area contributed by atoms with Gasteiger partial charge in [0.25, 0.3) is 5.91 Å². The first-order valence-corrected chi connectivity index (χ1v) is 8.49. The molecule has 1 spiro atoms. The lowest BCUT2D eigenvalue weighted by Gasteiger charge is -2.37. The van der Waals surface area contributed by atoms with Crippen LogP contribution in [0.5, 0.6) is 0 Å². The van der Waals surface area contributed by atoms with Crippen molar-refractivity contribution in [2.24, 2.45) is 5.92 Å². The Morgan fingerprint density at radius 3 is 2.88 bits per heavy atom. The van der Waals surface area contributed by atoms with E-state index in [1.54, 1.807) is 6.07 Å². The third-order valence-corrected chi connectivity index (χ3v) is 5.23. The first-order valence-electron chi connectivity index (χ1n) is 8.49. The van der Waals surface area contributed by atoms with E-state index in [4.69, 9.17) is 0 Å². The number of halogens is 1. The van der Waals surface area contributed by atoms with Crippen LogP contribution in [-0.4, -0.2) is 41.0 Å². The van der Waals surface area contributed by atoms with Crippen LogP contribution in [0.1, 0.15) is 38.2 Å². The summed E-state index contributed by atoms with van der Waals surface area (Å²) in [7, 11) is 1.82. The number of carbonyl (C=O) groups is 2. The Labute approximate surface area is 141 Å². The molecule has 5 nitrogen and oxygen atoms in total. The van der Waals surface area contributed by atoms with Gasteiger partial charge in [0, 0.05) is 6.54 Å². The first-order chi connectivity index (χ1) is 11.4. The average Bonchev–Trinajstić information content (AvgIpc) is 2.75. The highest BCUT2D eigenvalue weighted by atomic mass is 19.1. The minimum absolute atomic E-state index is 0.120. The van der Waals surface area contributed by atoms with Gasteiger partial charge in [0.1, 0.15) is 11.4 Å². The molecular weight excluding hydrogens is 309 g/mol. The van der Waals surface area contributed by atoms with E-state index in [1.807, 2.05) is 24.9 Å². The van der Waals surface area contributed by atoms with Crippen LogP contribution in [0.3, 0.4) is 0 Å². The molecule has 1 aromatic rings. The summed E-state index contributed by atoms with van der Waals surface area (Å²) < 4.78 is 13.3. The summed E-state index contributed by atoms with van der Waals surface area (Å²) in [5.41, 5.74) is 0.0833. The number of hydrogen-bond donors (Lipinski definition) is 1. The molecule has 1 heterocycles. The Kier molecular flexibility index (Phi) is 4.58. The molecule has 2 fully saturated rings. The van der Waals surface area contributed by atoms with E-state index in [0.29, 0.717) is 13.0 Å². The fourth-order valence-corrected chi connectivity index (χ4v) is 3.86. The maximum Gasteiger partial charge on any atom is 0.326 e. The lowest BCUT2D eigenvalue weighted by Crippen LogP contribution is -2.54. The van der Waals surface area contributed by atoms with Crippen LogP contribution in [0.2, 0.25) is 0 Å². The zero-order valence-electron chi connectivity index (χ0n) is 14.2. The highest BCUT2D eigenvalue weighted by Gasteiger charge is 2.54. The van der Waals surface area contributed by atoms with E-state index in [-0.39, 0.29) is 30.3 Å². The molecule has 1 saturated heterocycles. The van der Waals surface area contributed by atoms with Crippen molar-refractivity contribution in [3.05, 3.63) is 35.6 Å². The summed E-state index contributed by atoms with van der Waals surface area (Å²) >= 11 is 0. The summed E-state index contributed by atoms with van der Waals surface area (Å²) in [6.07, 6.45) is 3.73. The zero-order valence-corrected chi connectivity index (χ0v) is 14.2. The number of nitrogens with one attached hydrogen (secondary N) is 1. The Hall–Kier alpha value is -1.95. The minimum atomic E-state index is -0.727. The van der Waals surface area contributed by atoms with Gasteiger partial charge >= 0.3 is 6.03 Å². The molecule has 6 heteroatoms. The molecule has 0 unspecified atom stereocenters. The Morgan fingerprint density at radius 2 is 2.17 bits per heavy atom. The Morgan fingerprint density at radius 1 is 1.38 bits per heavy atom. The van der Waals surface area contributed by atoms with Crippen molar-refractivity contribution in [3.63, 3.8) is 0 Å². The molecular formula is C18H24FN3O2. The van der Waals surface area contributed by atoms with Crippen LogP contribution in [0, 0.1) is 11.7 Å². The quantitative estimate of drug-likeness (QED) is 0.862. The predicted molar refractivity (Wildman–Crippen MR) is 88.5 cm³/mol. The molecule has 1 N–H and O–H groups in total. The van der Waals surface area contributed by atoms with Gasteiger partial charge in [-0.3, -0.25) is 9.69 Å². The van der Waals surface area contributed by atoms with E-state index in [9.17, 15) is 14.0 Å². The topological polar surface area (TPSA) is 52.7 Å². The summed E-state index contributed by atoms with van der Waals surface area (Å²) in [4.78, 5) is 28.4. The molecule has 130 valence electrons. The van der Waals surface area contributed by atoms with Crippen molar-refractivity contribution in [3.8, 4) is 0 Å². The van der Waals surface area contributed by atoms with Gasteiger partial charge < -0.3 is 5.32 Å². The highest BCUT2D eigenvalue weighted by molar-refractivity contribution is 6.07. The third-order valence-electron chi connectivity index (χ3n) is 5.23. The molecule has 1 aliphatic heterocycles. The second-order valence-electron chi connectivity index (χ2n) is 7.07. The summed E-state index contributed by atoms with van der Waals surface area (Å²) in [6.45, 7) is 2.71. The lowest BCUT2D eigenvalue weighted by atomic mass is 9.73. The maximum absolute atomic E-state index is 13.3. The number of urea groups is 1. The molecule has 0 bridgehead atoms. The fourth-order valence-electron chi connectivity index (χ4n) is 3.86. The van der Waals surface area contributed by atoms with E-state index < -0.39 is 5.54 Å². The molecule has 0 aromatic heterocycles. The van der Waals surface area contributed by atoms with Crippen LogP contribution in [0.25, 0.3) is 0 Å². The number of carbonyl (C=O) groups excluding carboxylic acids is 2. The maximum atomic E-state index is 13.3. The van der Waals surface area contributed by atoms with E-state index in [2.05, 4.69) is 5.32 Å². The van der Waals surface area contributed by atoms with Gasteiger partial charge in [-0.1, -0.05) is 31.9 Å². The number of benzene rings is 1. The van der Waals surface area contributed by atoms with Crippen LogP contribution in [-0.2, 0) is 11.3 Å². The molecule has 2 aliphatic rings.